The van der Waals surface area contributed by atoms with Gasteiger partial charge < -0.3 is 15.0 Å². The van der Waals surface area contributed by atoms with Crippen LogP contribution in [0.4, 0.5) is 0 Å². The largest absolute Gasteiger partial charge is 0.497 e. The third kappa shape index (κ3) is 3.43. The van der Waals surface area contributed by atoms with Crippen molar-refractivity contribution in [3.63, 3.8) is 0 Å². The lowest BCUT2D eigenvalue weighted by Crippen LogP contribution is -2.43. The first-order valence-corrected chi connectivity index (χ1v) is 10.4. The Balaban J connectivity index is 1.36. The number of nitrogens with one attached hydrogen (secondary N) is 2. The fraction of sp³-hybridized carbons (Fsp3) is 0.600. The molecule has 0 saturated heterocycles. The molecule has 4 rings (SSSR count). The van der Waals surface area contributed by atoms with Gasteiger partial charge in [0.25, 0.3) is 0 Å². The number of imidazole rings is 1. The summed E-state index contributed by atoms with van der Waals surface area (Å²) in [7, 11) is 1.65. The summed E-state index contributed by atoms with van der Waals surface area (Å²) in [5.74, 6) is 3.28. The average molecular weight is 374 g/mol. The Labute approximate surface area is 158 Å². The van der Waals surface area contributed by atoms with Crippen LogP contribution in [0.1, 0.15) is 39.5 Å². The van der Waals surface area contributed by atoms with Gasteiger partial charge in [0.05, 0.1) is 23.4 Å². The number of carbonyl (C=O) groups is 1. The van der Waals surface area contributed by atoms with Gasteiger partial charge in [-0.25, -0.2) is 4.98 Å². The van der Waals surface area contributed by atoms with E-state index >= 15 is 0 Å². The first-order valence-electron chi connectivity index (χ1n) is 9.54. The van der Waals surface area contributed by atoms with E-state index < -0.39 is 0 Å². The molecule has 1 aromatic carbocycles. The fourth-order valence-electron chi connectivity index (χ4n) is 4.72. The van der Waals surface area contributed by atoms with Gasteiger partial charge >= 0.3 is 0 Å². The Morgan fingerprint density at radius 1 is 1.35 bits per heavy atom. The third-order valence-corrected chi connectivity index (χ3v) is 7.11. The van der Waals surface area contributed by atoms with E-state index in [0.717, 1.165) is 33.8 Å². The molecule has 0 aliphatic heterocycles. The van der Waals surface area contributed by atoms with Crippen LogP contribution >= 0.6 is 11.8 Å². The number of benzene rings is 1. The Morgan fingerprint density at radius 2 is 2.19 bits per heavy atom. The number of aromatic amines is 1. The van der Waals surface area contributed by atoms with E-state index in [1.165, 1.54) is 37.4 Å². The molecule has 2 N–H and O–H groups in total. The van der Waals surface area contributed by atoms with E-state index in [1.807, 2.05) is 25.1 Å². The first kappa shape index (κ1) is 17.7. The Bertz CT molecular complexity index is 805. The number of aromatic nitrogens is 2. The lowest BCUT2D eigenvalue weighted by molar-refractivity contribution is -0.121. The lowest BCUT2D eigenvalue weighted by Gasteiger charge is -2.29. The Hall–Kier alpha value is -1.69. The predicted molar refractivity (Wildman–Crippen MR) is 105 cm³/mol. The van der Waals surface area contributed by atoms with Gasteiger partial charge in [-0.2, -0.15) is 0 Å². The maximum absolute atomic E-state index is 12.6. The highest BCUT2D eigenvalue weighted by atomic mass is 32.2. The van der Waals surface area contributed by atoms with E-state index in [1.54, 1.807) is 7.11 Å². The number of carbonyl (C=O) groups excluding carboxylic acids is 1. The summed E-state index contributed by atoms with van der Waals surface area (Å²) in [4.78, 5) is 20.5. The van der Waals surface area contributed by atoms with Crippen LogP contribution in [0.25, 0.3) is 11.0 Å². The molecule has 5 nitrogen and oxygen atoms in total. The molecule has 26 heavy (non-hydrogen) atoms. The maximum Gasteiger partial charge on any atom is 0.233 e. The number of amides is 1. The highest BCUT2D eigenvalue weighted by Gasteiger charge is 2.42. The summed E-state index contributed by atoms with van der Waals surface area (Å²) < 4.78 is 5.25. The Morgan fingerprint density at radius 3 is 2.88 bits per heavy atom. The monoisotopic (exact) mass is 373 g/mol. The topological polar surface area (TPSA) is 67.0 Å². The molecule has 2 aromatic rings. The van der Waals surface area contributed by atoms with Crippen LogP contribution in [0, 0.1) is 17.8 Å². The molecule has 2 bridgehead atoms. The van der Waals surface area contributed by atoms with Crippen molar-refractivity contribution in [3.8, 4) is 5.75 Å². The second-order valence-electron chi connectivity index (χ2n) is 7.82. The lowest BCUT2D eigenvalue weighted by atomic mass is 9.84. The zero-order valence-corrected chi connectivity index (χ0v) is 16.4. The van der Waals surface area contributed by atoms with Crippen LogP contribution in [0.2, 0.25) is 0 Å². The van der Waals surface area contributed by atoms with E-state index in [9.17, 15) is 4.79 Å². The fourth-order valence-corrected chi connectivity index (χ4v) is 5.55. The van der Waals surface area contributed by atoms with Gasteiger partial charge in [-0.1, -0.05) is 18.2 Å². The molecule has 6 heteroatoms. The first-order chi connectivity index (χ1) is 12.5. The minimum absolute atomic E-state index is 0.100. The molecular formula is C20H27N3O2S. The van der Waals surface area contributed by atoms with Crippen LogP contribution < -0.4 is 10.1 Å². The maximum atomic E-state index is 12.6. The minimum atomic E-state index is -0.182. The van der Waals surface area contributed by atoms with Crippen LogP contribution in [0.3, 0.4) is 0 Å². The molecule has 2 fully saturated rings. The molecule has 0 radical (unpaired) electrons. The van der Waals surface area contributed by atoms with Crippen molar-refractivity contribution in [2.24, 2.45) is 17.8 Å². The van der Waals surface area contributed by atoms with Crippen LogP contribution in [0.15, 0.2) is 23.4 Å². The van der Waals surface area contributed by atoms with Gasteiger partial charge in [0.15, 0.2) is 5.16 Å². The van der Waals surface area contributed by atoms with Gasteiger partial charge in [0.2, 0.25) is 5.91 Å². The van der Waals surface area contributed by atoms with Gasteiger partial charge in [0.1, 0.15) is 5.75 Å². The second-order valence-corrected chi connectivity index (χ2v) is 9.15. The highest BCUT2D eigenvalue weighted by Crippen LogP contribution is 2.49. The number of methoxy groups -OCH3 is 1. The summed E-state index contributed by atoms with van der Waals surface area (Å²) in [6.45, 7) is 4.12. The van der Waals surface area contributed by atoms with Crippen molar-refractivity contribution in [1.29, 1.82) is 0 Å². The second kappa shape index (κ2) is 7.14. The van der Waals surface area contributed by atoms with Crippen molar-refractivity contribution >= 4 is 28.7 Å². The SMILES string of the molecule is COc1ccc2nc(SC(C)C(=O)NC(C)C3CC4CCC3C4)[nH]c2c1. The summed E-state index contributed by atoms with van der Waals surface area (Å²) in [6.07, 6.45) is 5.41. The normalized spacial score (nSPS) is 26.8. The number of rotatable bonds is 6. The molecule has 140 valence electrons. The molecule has 2 saturated carbocycles. The quantitative estimate of drug-likeness (QED) is 0.751. The number of nitrogens with zero attached hydrogens (tertiary/aromatic N) is 1. The standard InChI is InChI=1S/C20H27N3O2S/c1-11(16-9-13-4-5-14(16)8-13)21-19(24)12(2)26-20-22-17-7-6-15(25-3)10-18(17)23-20/h6-7,10-14,16H,4-5,8-9H2,1-3H3,(H,21,24)(H,22,23). The van der Waals surface area contributed by atoms with Crippen molar-refractivity contribution in [2.75, 3.05) is 7.11 Å². The minimum Gasteiger partial charge on any atom is -0.497 e. The molecule has 2 aliphatic carbocycles. The molecule has 1 heterocycles. The van der Waals surface area contributed by atoms with Crippen molar-refractivity contribution in [1.82, 2.24) is 15.3 Å². The number of H-pyrrole nitrogens is 1. The molecule has 1 amide bonds. The number of hydrogen-bond donors (Lipinski definition) is 2. The summed E-state index contributed by atoms with van der Waals surface area (Å²) >= 11 is 1.47. The third-order valence-electron chi connectivity index (χ3n) is 6.13. The van der Waals surface area contributed by atoms with Crippen molar-refractivity contribution in [2.45, 2.75) is 56.0 Å². The van der Waals surface area contributed by atoms with E-state index in [2.05, 4.69) is 22.2 Å². The van der Waals surface area contributed by atoms with Gasteiger partial charge in [0, 0.05) is 12.1 Å². The smallest absolute Gasteiger partial charge is 0.233 e. The van der Waals surface area contributed by atoms with Crippen molar-refractivity contribution < 1.29 is 9.53 Å². The molecular weight excluding hydrogens is 346 g/mol. The number of ether oxygens (including phenoxy) is 1. The van der Waals surface area contributed by atoms with E-state index in [4.69, 9.17) is 4.74 Å². The number of fused-ring (bicyclic) bond motifs is 3. The van der Waals surface area contributed by atoms with Gasteiger partial charge in [-0.05, 0) is 63.0 Å². The van der Waals surface area contributed by atoms with Crippen molar-refractivity contribution in [3.05, 3.63) is 18.2 Å². The number of thioether (sulfide) groups is 1. The van der Waals surface area contributed by atoms with Gasteiger partial charge in [-0.3, -0.25) is 4.79 Å². The molecule has 1 aromatic heterocycles. The van der Waals surface area contributed by atoms with Crippen LogP contribution in [-0.2, 0) is 4.79 Å². The van der Waals surface area contributed by atoms with E-state index in [-0.39, 0.29) is 17.2 Å². The molecule has 0 spiro atoms. The zero-order chi connectivity index (χ0) is 18.3. The Kier molecular flexibility index (Phi) is 4.86. The summed E-state index contributed by atoms with van der Waals surface area (Å²) in [5.41, 5.74) is 1.81. The molecule has 2 aliphatic rings. The zero-order valence-electron chi connectivity index (χ0n) is 15.6. The summed E-state index contributed by atoms with van der Waals surface area (Å²) in [6, 6.07) is 6.01. The van der Waals surface area contributed by atoms with Gasteiger partial charge in [-0.15, -0.1) is 0 Å². The van der Waals surface area contributed by atoms with Crippen LogP contribution in [-0.4, -0.2) is 34.3 Å². The number of hydrogen-bond acceptors (Lipinski definition) is 4. The molecule has 5 unspecified atom stereocenters. The summed E-state index contributed by atoms with van der Waals surface area (Å²) in [5, 5.41) is 3.84. The van der Waals surface area contributed by atoms with E-state index in [0.29, 0.717) is 5.92 Å². The van der Waals surface area contributed by atoms with Crippen LogP contribution in [0.5, 0.6) is 5.75 Å². The average Bonchev–Trinajstić information content (AvgIpc) is 3.35. The molecule has 5 atom stereocenters. The highest BCUT2D eigenvalue weighted by molar-refractivity contribution is 8.00. The predicted octanol–water partition coefficient (Wildman–Crippen LogP) is 3.99.